The fourth-order valence-electron chi connectivity index (χ4n) is 4.39. The van der Waals surface area contributed by atoms with E-state index < -0.39 is 5.56 Å². The summed E-state index contributed by atoms with van der Waals surface area (Å²) in [5.41, 5.74) is 1.73. The van der Waals surface area contributed by atoms with Crippen LogP contribution in [0, 0.1) is 5.41 Å². The number of piperidine rings is 1. The predicted octanol–water partition coefficient (Wildman–Crippen LogP) is 3.57. The fraction of sp³-hybridized carbons (Fsp3) is 0.545. The summed E-state index contributed by atoms with van der Waals surface area (Å²) in [6.45, 7) is 7.30. The molecule has 0 unspecified atom stereocenters. The van der Waals surface area contributed by atoms with Gasteiger partial charge in [0, 0.05) is 42.1 Å². The van der Waals surface area contributed by atoms with E-state index in [0.717, 1.165) is 30.0 Å². The van der Waals surface area contributed by atoms with Crippen LogP contribution in [-0.4, -0.2) is 39.6 Å². The Morgan fingerprint density at radius 1 is 1.34 bits per heavy atom. The van der Waals surface area contributed by atoms with Crippen LogP contribution in [0.5, 0.6) is 0 Å². The van der Waals surface area contributed by atoms with Gasteiger partial charge in [-0.1, -0.05) is 20.8 Å². The summed E-state index contributed by atoms with van der Waals surface area (Å²) in [4.78, 5) is 47.6. The number of aromatic nitrogens is 2. The lowest BCUT2D eigenvalue weighted by atomic mass is 9.75. The molecule has 7 heteroatoms. The maximum atomic E-state index is 13.2. The molecule has 1 aliphatic carbocycles. The molecule has 2 aromatic rings. The fourth-order valence-corrected chi connectivity index (χ4v) is 5.42. The first-order valence-electron chi connectivity index (χ1n) is 10.3. The molecule has 1 aliphatic heterocycles. The van der Waals surface area contributed by atoms with Crippen molar-refractivity contribution in [2.45, 2.75) is 58.8 Å². The molecule has 1 amide bonds. The lowest BCUT2D eigenvalue weighted by Crippen LogP contribution is -2.42. The smallest absolute Gasteiger partial charge is 0.261 e. The Morgan fingerprint density at radius 3 is 2.86 bits per heavy atom. The number of H-pyrrole nitrogens is 1. The molecule has 3 heterocycles. The monoisotopic (exact) mass is 413 g/mol. The van der Waals surface area contributed by atoms with Crippen molar-refractivity contribution in [1.82, 2.24) is 14.9 Å². The van der Waals surface area contributed by atoms with Crippen molar-refractivity contribution < 1.29 is 9.59 Å². The molecule has 4 rings (SSSR count). The van der Waals surface area contributed by atoms with E-state index in [1.54, 1.807) is 16.2 Å². The average molecular weight is 414 g/mol. The molecule has 29 heavy (non-hydrogen) atoms. The van der Waals surface area contributed by atoms with Crippen molar-refractivity contribution in [2.24, 2.45) is 5.41 Å². The Hall–Kier alpha value is -2.28. The number of carbonyl (C=O) groups is 2. The number of nitrogens with zero attached hydrogens (tertiary/aromatic N) is 2. The maximum absolute atomic E-state index is 13.2. The van der Waals surface area contributed by atoms with Crippen LogP contribution in [0.3, 0.4) is 0 Å². The SMILES string of the molecule is CCc1csc([C@@H]2CCCN(C(=O)c3cc4c([nH]c3=O)CC(C)(C)CC4=O)C2)n1. The molecule has 1 fully saturated rings. The zero-order chi connectivity index (χ0) is 20.8. The van der Waals surface area contributed by atoms with Gasteiger partial charge in [0.2, 0.25) is 0 Å². The number of pyridine rings is 1. The molecule has 0 spiro atoms. The van der Waals surface area contributed by atoms with Crippen LogP contribution in [-0.2, 0) is 12.8 Å². The first kappa shape index (κ1) is 20.0. The molecule has 2 aromatic heterocycles. The molecule has 0 radical (unpaired) electrons. The lowest BCUT2D eigenvalue weighted by Gasteiger charge is -2.32. The highest BCUT2D eigenvalue weighted by Crippen LogP contribution is 2.34. The molecule has 0 saturated carbocycles. The number of hydrogen-bond donors (Lipinski definition) is 1. The summed E-state index contributed by atoms with van der Waals surface area (Å²) in [6, 6.07) is 1.52. The Labute approximate surface area is 174 Å². The van der Waals surface area contributed by atoms with Gasteiger partial charge in [-0.15, -0.1) is 11.3 Å². The molecule has 1 saturated heterocycles. The number of Topliss-reactive ketones (excluding diaryl/α,β-unsaturated/α-hetero) is 1. The number of ketones is 1. The molecule has 0 bridgehead atoms. The summed E-state index contributed by atoms with van der Waals surface area (Å²) in [5, 5.41) is 3.15. The number of hydrogen-bond acceptors (Lipinski definition) is 5. The van der Waals surface area contributed by atoms with Crippen molar-refractivity contribution in [3.8, 4) is 0 Å². The summed E-state index contributed by atoms with van der Waals surface area (Å²) in [5.74, 6) is -0.0891. The third kappa shape index (κ3) is 3.92. The molecule has 2 aliphatic rings. The second-order valence-electron chi connectivity index (χ2n) is 8.97. The standard InChI is InChI=1S/C22H27N3O3S/c1-4-14-12-29-20(23-14)13-6-5-7-25(11-13)21(28)16-8-15-17(24-19(16)27)9-22(2,3)10-18(15)26/h8,12-13H,4-7,9-11H2,1-3H3,(H,24,27)/t13-/m1/s1. The summed E-state index contributed by atoms with van der Waals surface area (Å²) < 4.78 is 0. The predicted molar refractivity (Wildman–Crippen MR) is 113 cm³/mol. The van der Waals surface area contributed by atoms with Gasteiger partial charge in [0.25, 0.3) is 11.5 Å². The third-order valence-corrected chi connectivity index (χ3v) is 6.99. The van der Waals surface area contributed by atoms with Crippen molar-refractivity contribution in [3.63, 3.8) is 0 Å². The van der Waals surface area contributed by atoms with Crippen LogP contribution in [0.4, 0.5) is 0 Å². The zero-order valence-corrected chi connectivity index (χ0v) is 18.0. The second kappa shape index (κ2) is 7.52. The minimum Gasteiger partial charge on any atom is -0.338 e. The van der Waals surface area contributed by atoms with E-state index in [-0.39, 0.29) is 28.6 Å². The van der Waals surface area contributed by atoms with E-state index in [1.807, 2.05) is 13.8 Å². The van der Waals surface area contributed by atoms with Gasteiger partial charge >= 0.3 is 0 Å². The van der Waals surface area contributed by atoms with Gasteiger partial charge in [-0.3, -0.25) is 14.4 Å². The van der Waals surface area contributed by atoms with Crippen LogP contribution in [0.25, 0.3) is 0 Å². The van der Waals surface area contributed by atoms with Gasteiger partial charge in [-0.2, -0.15) is 0 Å². The number of thiazole rings is 1. The Kier molecular flexibility index (Phi) is 5.19. The van der Waals surface area contributed by atoms with E-state index in [1.165, 1.54) is 6.07 Å². The Morgan fingerprint density at radius 2 is 2.14 bits per heavy atom. The minimum absolute atomic E-state index is 0.00653. The van der Waals surface area contributed by atoms with Crippen molar-refractivity contribution in [3.05, 3.63) is 49.3 Å². The molecule has 1 atom stereocenters. The van der Waals surface area contributed by atoms with Crippen LogP contribution < -0.4 is 5.56 Å². The van der Waals surface area contributed by atoms with Crippen LogP contribution in [0.15, 0.2) is 16.2 Å². The van der Waals surface area contributed by atoms with Crippen molar-refractivity contribution >= 4 is 23.0 Å². The number of aromatic amines is 1. The Bertz CT molecular complexity index is 1020. The number of carbonyl (C=O) groups excluding carboxylic acids is 2. The lowest BCUT2D eigenvalue weighted by molar-refractivity contribution is 0.0705. The summed E-state index contributed by atoms with van der Waals surface area (Å²) in [6.07, 6.45) is 3.84. The number of aryl methyl sites for hydroxylation is 1. The topological polar surface area (TPSA) is 83.1 Å². The zero-order valence-electron chi connectivity index (χ0n) is 17.2. The maximum Gasteiger partial charge on any atom is 0.261 e. The van der Waals surface area contributed by atoms with Crippen molar-refractivity contribution in [2.75, 3.05) is 13.1 Å². The van der Waals surface area contributed by atoms with Crippen LogP contribution in [0.2, 0.25) is 0 Å². The van der Waals surface area contributed by atoms with E-state index in [9.17, 15) is 14.4 Å². The minimum atomic E-state index is -0.399. The van der Waals surface area contributed by atoms with Crippen molar-refractivity contribution in [1.29, 1.82) is 0 Å². The van der Waals surface area contributed by atoms with E-state index in [0.29, 0.717) is 37.2 Å². The molecule has 0 aromatic carbocycles. The average Bonchev–Trinajstić information content (AvgIpc) is 3.15. The number of nitrogens with one attached hydrogen (secondary N) is 1. The van der Waals surface area contributed by atoms with Gasteiger partial charge in [-0.05, 0) is 37.2 Å². The highest BCUT2D eigenvalue weighted by atomic mass is 32.1. The summed E-state index contributed by atoms with van der Waals surface area (Å²) in [7, 11) is 0. The molecule has 6 nitrogen and oxygen atoms in total. The second-order valence-corrected chi connectivity index (χ2v) is 9.86. The largest absolute Gasteiger partial charge is 0.338 e. The molecule has 1 N–H and O–H groups in total. The third-order valence-electron chi connectivity index (χ3n) is 5.94. The van der Waals surface area contributed by atoms with Gasteiger partial charge < -0.3 is 9.88 Å². The molecular weight excluding hydrogens is 386 g/mol. The summed E-state index contributed by atoms with van der Waals surface area (Å²) >= 11 is 1.65. The van der Waals surface area contributed by atoms with Gasteiger partial charge in [-0.25, -0.2) is 4.98 Å². The van der Waals surface area contributed by atoms with Gasteiger partial charge in [0.05, 0.1) is 10.7 Å². The molecular formula is C22H27N3O3S. The number of fused-ring (bicyclic) bond motifs is 1. The van der Waals surface area contributed by atoms with E-state index >= 15 is 0 Å². The van der Waals surface area contributed by atoms with Gasteiger partial charge in [0.15, 0.2) is 5.78 Å². The van der Waals surface area contributed by atoms with E-state index in [2.05, 4.69) is 22.3 Å². The first-order valence-corrected chi connectivity index (χ1v) is 11.2. The highest BCUT2D eigenvalue weighted by Gasteiger charge is 2.34. The Balaban J connectivity index is 1.59. The van der Waals surface area contributed by atoms with Crippen LogP contribution in [0.1, 0.15) is 83.1 Å². The quantitative estimate of drug-likeness (QED) is 0.834. The van der Waals surface area contributed by atoms with Gasteiger partial charge in [0.1, 0.15) is 5.56 Å². The van der Waals surface area contributed by atoms with Crippen LogP contribution >= 0.6 is 11.3 Å². The first-order chi connectivity index (χ1) is 13.8. The number of amides is 1. The molecule has 154 valence electrons. The van der Waals surface area contributed by atoms with E-state index in [4.69, 9.17) is 0 Å². The normalized spacial score (nSPS) is 21.1. The number of rotatable bonds is 3. The highest BCUT2D eigenvalue weighted by molar-refractivity contribution is 7.09. The number of likely N-dealkylation sites (tertiary alicyclic amines) is 1.